The van der Waals surface area contributed by atoms with Crippen LogP contribution in [0.25, 0.3) is 0 Å². The summed E-state index contributed by atoms with van der Waals surface area (Å²) in [6.07, 6.45) is 0.213. The zero-order valence-corrected chi connectivity index (χ0v) is 12.3. The van der Waals surface area contributed by atoms with Gasteiger partial charge in [-0.15, -0.1) is 6.58 Å². The Morgan fingerprint density at radius 2 is 1.86 bits per heavy atom. The van der Waals surface area contributed by atoms with E-state index in [1.54, 1.807) is 6.92 Å². The van der Waals surface area contributed by atoms with Crippen LogP contribution in [-0.2, 0) is 9.53 Å². The summed E-state index contributed by atoms with van der Waals surface area (Å²) in [4.78, 5) is 12.0. The van der Waals surface area contributed by atoms with E-state index in [-0.39, 0.29) is 0 Å². The summed E-state index contributed by atoms with van der Waals surface area (Å²) >= 11 is 0. The monoisotopic (exact) mass is 326 g/mol. The average Bonchev–Trinajstić information content (AvgIpc) is 2.92. The summed E-state index contributed by atoms with van der Waals surface area (Å²) in [5.74, 6) is -11.2. The minimum absolute atomic E-state index is 0.431. The maximum atomic E-state index is 13.8. The van der Waals surface area contributed by atoms with E-state index in [4.69, 9.17) is 4.74 Å². The van der Waals surface area contributed by atoms with E-state index in [2.05, 4.69) is 6.58 Å². The molecule has 1 rings (SSSR count). The van der Waals surface area contributed by atoms with Gasteiger partial charge in [-0.3, -0.25) is 4.79 Å². The summed E-state index contributed by atoms with van der Waals surface area (Å²) in [7, 11) is 0. The SMILES string of the molecule is C=CCC(C(=O)OC1(CC)CCCC1)C(F)(F)C(F)=C(F)F. The Morgan fingerprint density at radius 3 is 2.27 bits per heavy atom. The molecule has 1 fully saturated rings. The molecule has 2 nitrogen and oxygen atoms in total. The molecule has 0 saturated heterocycles. The highest BCUT2D eigenvalue weighted by Crippen LogP contribution is 2.42. The van der Waals surface area contributed by atoms with E-state index in [9.17, 15) is 26.7 Å². The molecular formula is C15H19F5O2. The van der Waals surface area contributed by atoms with Crippen molar-refractivity contribution in [1.82, 2.24) is 0 Å². The standard InChI is InChI=1S/C15H19F5O2/c1-3-7-10(15(19,20)11(16)12(17)18)13(21)22-14(4-2)8-5-6-9-14/h3,10H,1,4-9H2,2H3. The molecule has 0 aromatic heterocycles. The third kappa shape index (κ3) is 3.87. The van der Waals surface area contributed by atoms with Crippen LogP contribution >= 0.6 is 0 Å². The molecule has 0 heterocycles. The zero-order chi connectivity index (χ0) is 17.0. The van der Waals surface area contributed by atoms with Gasteiger partial charge in [0.1, 0.15) is 11.5 Å². The Balaban J connectivity index is 3.02. The fraction of sp³-hybridized carbons (Fsp3) is 0.667. The van der Waals surface area contributed by atoms with Crippen LogP contribution in [0.2, 0.25) is 0 Å². The van der Waals surface area contributed by atoms with Crippen molar-refractivity contribution in [2.75, 3.05) is 0 Å². The van der Waals surface area contributed by atoms with Gasteiger partial charge in [-0.2, -0.15) is 22.0 Å². The van der Waals surface area contributed by atoms with Crippen LogP contribution in [-0.4, -0.2) is 17.5 Å². The second-order valence-electron chi connectivity index (χ2n) is 5.44. The number of hydrogen-bond acceptors (Lipinski definition) is 2. The van der Waals surface area contributed by atoms with E-state index in [1.807, 2.05) is 0 Å². The predicted molar refractivity (Wildman–Crippen MR) is 71.2 cm³/mol. The molecule has 1 atom stereocenters. The lowest BCUT2D eigenvalue weighted by Gasteiger charge is -2.31. The first-order valence-corrected chi connectivity index (χ1v) is 7.13. The summed E-state index contributed by atoms with van der Waals surface area (Å²) in [6, 6.07) is 0. The van der Waals surface area contributed by atoms with Crippen LogP contribution in [0.5, 0.6) is 0 Å². The highest BCUT2D eigenvalue weighted by Gasteiger charge is 2.52. The predicted octanol–water partition coefficient (Wildman–Crippen LogP) is 5.16. The smallest absolute Gasteiger partial charge is 0.317 e. The number of ether oxygens (including phenoxy) is 1. The summed E-state index contributed by atoms with van der Waals surface area (Å²) in [6.45, 7) is 4.95. The molecule has 0 bridgehead atoms. The molecule has 1 aliphatic rings. The second-order valence-corrected chi connectivity index (χ2v) is 5.44. The third-order valence-electron chi connectivity index (χ3n) is 4.06. The molecule has 7 heteroatoms. The fourth-order valence-electron chi connectivity index (χ4n) is 2.67. The van der Waals surface area contributed by atoms with Crippen molar-refractivity contribution in [1.29, 1.82) is 0 Å². The Morgan fingerprint density at radius 1 is 1.32 bits per heavy atom. The van der Waals surface area contributed by atoms with Gasteiger partial charge in [0.25, 0.3) is 0 Å². The van der Waals surface area contributed by atoms with Crippen LogP contribution in [0.1, 0.15) is 45.4 Å². The minimum Gasteiger partial charge on any atom is -0.459 e. The van der Waals surface area contributed by atoms with Gasteiger partial charge >= 0.3 is 18.0 Å². The quantitative estimate of drug-likeness (QED) is 0.367. The van der Waals surface area contributed by atoms with Crippen LogP contribution in [0.4, 0.5) is 22.0 Å². The number of alkyl halides is 2. The Labute approximate surface area is 126 Å². The highest BCUT2D eigenvalue weighted by atomic mass is 19.3. The first kappa shape index (κ1) is 18.6. The first-order valence-electron chi connectivity index (χ1n) is 7.13. The molecule has 0 N–H and O–H groups in total. The summed E-state index contributed by atoms with van der Waals surface area (Å²) in [5, 5.41) is 0. The molecule has 0 aromatic rings. The van der Waals surface area contributed by atoms with E-state index < -0.39 is 41.7 Å². The molecule has 0 aromatic carbocycles. The normalized spacial score (nSPS) is 18.6. The first-order chi connectivity index (χ1) is 10.2. The van der Waals surface area contributed by atoms with Crippen LogP contribution < -0.4 is 0 Å². The minimum atomic E-state index is -4.63. The average molecular weight is 326 g/mol. The Hall–Kier alpha value is -1.40. The maximum absolute atomic E-state index is 13.8. The lowest BCUT2D eigenvalue weighted by atomic mass is 9.94. The van der Waals surface area contributed by atoms with E-state index in [0.717, 1.165) is 18.9 Å². The maximum Gasteiger partial charge on any atom is 0.317 e. The molecule has 1 unspecified atom stereocenters. The largest absolute Gasteiger partial charge is 0.459 e. The van der Waals surface area contributed by atoms with Crippen LogP contribution in [0.3, 0.4) is 0 Å². The molecule has 1 saturated carbocycles. The van der Waals surface area contributed by atoms with E-state index in [0.29, 0.717) is 19.3 Å². The molecule has 0 radical (unpaired) electrons. The van der Waals surface area contributed by atoms with Gasteiger partial charge in [0, 0.05) is 0 Å². The van der Waals surface area contributed by atoms with E-state index in [1.165, 1.54) is 0 Å². The molecule has 0 aliphatic heterocycles. The molecule has 0 amide bonds. The third-order valence-corrected chi connectivity index (χ3v) is 4.06. The fourth-order valence-corrected chi connectivity index (χ4v) is 2.67. The zero-order valence-electron chi connectivity index (χ0n) is 12.3. The van der Waals surface area contributed by atoms with Gasteiger partial charge in [-0.1, -0.05) is 13.0 Å². The molecule has 1 aliphatic carbocycles. The van der Waals surface area contributed by atoms with Crippen molar-refractivity contribution in [3.05, 3.63) is 24.6 Å². The lowest BCUT2D eigenvalue weighted by Crippen LogP contribution is -2.41. The number of hydrogen-bond donors (Lipinski definition) is 0. The number of allylic oxidation sites excluding steroid dienone is 2. The number of carbonyl (C=O) groups is 1. The number of halogens is 5. The summed E-state index contributed by atoms with van der Waals surface area (Å²) < 4.78 is 70.2. The molecule has 22 heavy (non-hydrogen) atoms. The molecule has 126 valence electrons. The topological polar surface area (TPSA) is 26.3 Å². The van der Waals surface area contributed by atoms with Crippen molar-refractivity contribution in [2.45, 2.75) is 57.0 Å². The van der Waals surface area contributed by atoms with Crippen molar-refractivity contribution in [2.24, 2.45) is 5.92 Å². The van der Waals surface area contributed by atoms with Crippen molar-refractivity contribution in [3.63, 3.8) is 0 Å². The summed E-state index contributed by atoms with van der Waals surface area (Å²) in [5.41, 5.74) is -0.860. The Kier molecular flexibility index (Phi) is 6.14. The van der Waals surface area contributed by atoms with Gasteiger partial charge in [-0.05, 0) is 38.5 Å². The lowest BCUT2D eigenvalue weighted by molar-refractivity contribution is -0.177. The van der Waals surface area contributed by atoms with Crippen LogP contribution in [0, 0.1) is 5.92 Å². The van der Waals surface area contributed by atoms with Gasteiger partial charge in [-0.25, -0.2) is 0 Å². The number of rotatable bonds is 7. The molecule has 0 spiro atoms. The molecular weight excluding hydrogens is 307 g/mol. The van der Waals surface area contributed by atoms with Crippen molar-refractivity contribution >= 4 is 5.97 Å². The van der Waals surface area contributed by atoms with E-state index >= 15 is 0 Å². The Bertz CT molecular complexity index is 449. The van der Waals surface area contributed by atoms with Crippen molar-refractivity contribution < 1.29 is 31.5 Å². The van der Waals surface area contributed by atoms with Gasteiger partial charge < -0.3 is 4.74 Å². The van der Waals surface area contributed by atoms with Gasteiger partial charge in [0.15, 0.2) is 0 Å². The van der Waals surface area contributed by atoms with Crippen molar-refractivity contribution in [3.8, 4) is 0 Å². The number of esters is 1. The number of carbonyl (C=O) groups excluding carboxylic acids is 1. The van der Waals surface area contributed by atoms with Gasteiger partial charge in [0.2, 0.25) is 5.83 Å². The van der Waals surface area contributed by atoms with Gasteiger partial charge in [0.05, 0.1) is 0 Å². The van der Waals surface area contributed by atoms with Crippen LogP contribution in [0.15, 0.2) is 24.6 Å². The second kappa shape index (κ2) is 7.24. The highest BCUT2D eigenvalue weighted by molar-refractivity contribution is 5.75.